The maximum absolute atomic E-state index is 11.1. The molecule has 0 spiro atoms. The Labute approximate surface area is 124 Å². The van der Waals surface area contributed by atoms with Crippen molar-refractivity contribution >= 4 is 11.4 Å². The van der Waals surface area contributed by atoms with Gasteiger partial charge in [0.2, 0.25) is 0 Å². The molecule has 1 fully saturated rings. The van der Waals surface area contributed by atoms with Crippen molar-refractivity contribution in [1.29, 1.82) is 0 Å². The topological polar surface area (TPSA) is 55.2 Å². The zero-order chi connectivity index (χ0) is 14.8. The predicted octanol–water partition coefficient (Wildman–Crippen LogP) is 4.47. The standard InChI is InChI=1S/C17H18N2O2/c1-12-15(8-5-9-16(12)19(20)21)18-17(14-10-11-14)13-6-3-2-4-7-13/h2-9,14,17-18H,10-11H2,1H3. The monoisotopic (exact) mass is 282 g/mol. The van der Waals surface area contributed by atoms with Gasteiger partial charge in [-0.2, -0.15) is 0 Å². The highest BCUT2D eigenvalue weighted by molar-refractivity contribution is 5.60. The van der Waals surface area contributed by atoms with Crippen LogP contribution in [0.15, 0.2) is 48.5 Å². The Balaban J connectivity index is 1.91. The number of nitro benzene ring substituents is 1. The van der Waals surface area contributed by atoms with E-state index in [-0.39, 0.29) is 16.7 Å². The Hall–Kier alpha value is -2.36. The van der Waals surface area contributed by atoms with Crippen LogP contribution in [0.1, 0.15) is 30.0 Å². The van der Waals surface area contributed by atoms with Gasteiger partial charge in [-0.1, -0.05) is 36.4 Å². The summed E-state index contributed by atoms with van der Waals surface area (Å²) in [4.78, 5) is 10.7. The van der Waals surface area contributed by atoms with Crippen LogP contribution in [0.4, 0.5) is 11.4 Å². The van der Waals surface area contributed by atoms with E-state index in [1.165, 1.54) is 18.4 Å². The molecule has 108 valence electrons. The first-order chi connectivity index (χ1) is 10.2. The number of hydrogen-bond acceptors (Lipinski definition) is 3. The van der Waals surface area contributed by atoms with Crippen LogP contribution < -0.4 is 5.32 Å². The van der Waals surface area contributed by atoms with Gasteiger partial charge in [-0.3, -0.25) is 10.1 Å². The molecule has 1 N–H and O–H groups in total. The van der Waals surface area contributed by atoms with E-state index in [0.29, 0.717) is 11.5 Å². The van der Waals surface area contributed by atoms with Gasteiger partial charge in [0, 0.05) is 17.3 Å². The fraction of sp³-hybridized carbons (Fsp3) is 0.294. The van der Waals surface area contributed by atoms with Crippen molar-refractivity contribution in [2.45, 2.75) is 25.8 Å². The molecule has 3 rings (SSSR count). The van der Waals surface area contributed by atoms with Gasteiger partial charge < -0.3 is 5.32 Å². The molecule has 0 saturated heterocycles. The molecule has 1 unspecified atom stereocenters. The SMILES string of the molecule is Cc1c(NC(c2ccccc2)C2CC2)cccc1[N+](=O)[O-]. The summed E-state index contributed by atoms with van der Waals surface area (Å²) in [6, 6.07) is 15.7. The van der Waals surface area contributed by atoms with Crippen LogP contribution in [-0.2, 0) is 0 Å². The highest BCUT2D eigenvalue weighted by atomic mass is 16.6. The minimum Gasteiger partial charge on any atom is -0.378 e. The molecule has 4 nitrogen and oxygen atoms in total. The fourth-order valence-electron chi connectivity index (χ4n) is 2.71. The summed E-state index contributed by atoms with van der Waals surface area (Å²) in [5.41, 5.74) is 2.96. The first kappa shape index (κ1) is 13.6. The highest BCUT2D eigenvalue weighted by Gasteiger charge is 2.32. The Morgan fingerprint density at radius 2 is 1.86 bits per heavy atom. The van der Waals surface area contributed by atoms with E-state index in [9.17, 15) is 10.1 Å². The fourth-order valence-corrected chi connectivity index (χ4v) is 2.71. The van der Waals surface area contributed by atoms with Crippen LogP contribution in [0.5, 0.6) is 0 Å². The lowest BCUT2D eigenvalue weighted by Gasteiger charge is -2.21. The van der Waals surface area contributed by atoms with Gasteiger partial charge in [0.15, 0.2) is 0 Å². The van der Waals surface area contributed by atoms with E-state index >= 15 is 0 Å². The van der Waals surface area contributed by atoms with Crippen molar-refractivity contribution in [3.05, 3.63) is 69.8 Å². The van der Waals surface area contributed by atoms with Gasteiger partial charge in [-0.05, 0) is 37.3 Å². The predicted molar refractivity (Wildman–Crippen MR) is 83.4 cm³/mol. The van der Waals surface area contributed by atoms with Crippen molar-refractivity contribution in [2.75, 3.05) is 5.32 Å². The lowest BCUT2D eigenvalue weighted by Crippen LogP contribution is -2.14. The minimum atomic E-state index is -0.324. The molecule has 0 heterocycles. The van der Waals surface area contributed by atoms with E-state index in [1.54, 1.807) is 19.1 Å². The van der Waals surface area contributed by atoms with Gasteiger partial charge in [0.25, 0.3) is 5.69 Å². The largest absolute Gasteiger partial charge is 0.378 e. The third-order valence-corrected chi connectivity index (χ3v) is 4.07. The van der Waals surface area contributed by atoms with Crippen molar-refractivity contribution in [2.24, 2.45) is 5.92 Å². The molecular weight excluding hydrogens is 264 g/mol. The van der Waals surface area contributed by atoms with Crippen LogP contribution >= 0.6 is 0 Å². The summed E-state index contributed by atoms with van der Waals surface area (Å²) >= 11 is 0. The normalized spacial score (nSPS) is 15.5. The van der Waals surface area contributed by atoms with E-state index in [4.69, 9.17) is 0 Å². The van der Waals surface area contributed by atoms with Crippen molar-refractivity contribution < 1.29 is 4.92 Å². The third kappa shape index (κ3) is 2.89. The third-order valence-electron chi connectivity index (χ3n) is 4.07. The number of nitro groups is 1. The average Bonchev–Trinajstić information content (AvgIpc) is 3.31. The molecule has 2 aromatic rings. The molecule has 1 atom stereocenters. The second-order valence-corrected chi connectivity index (χ2v) is 5.58. The summed E-state index contributed by atoms with van der Waals surface area (Å²) in [6.45, 7) is 1.80. The Kier molecular flexibility index (Phi) is 3.60. The molecule has 1 aliphatic rings. The van der Waals surface area contributed by atoms with Crippen LogP contribution in [0.2, 0.25) is 0 Å². The highest BCUT2D eigenvalue weighted by Crippen LogP contribution is 2.43. The zero-order valence-corrected chi connectivity index (χ0v) is 12.0. The second-order valence-electron chi connectivity index (χ2n) is 5.58. The molecule has 0 amide bonds. The Morgan fingerprint density at radius 3 is 2.48 bits per heavy atom. The summed E-state index contributed by atoms with van der Waals surface area (Å²) in [5, 5.41) is 14.6. The van der Waals surface area contributed by atoms with Crippen molar-refractivity contribution in [3.63, 3.8) is 0 Å². The second kappa shape index (κ2) is 5.56. The summed E-state index contributed by atoms with van der Waals surface area (Å²) in [5.74, 6) is 0.617. The molecule has 2 aromatic carbocycles. The molecule has 0 aliphatic heterocycles. The summed E-state index contributed by atoms with van der Waals surface area (Å²) < 4.78 is 0. The Morgan fingerprint density at radius 1 is 1.14 bits per heavy atom. The van der Waals surface area contributed by atoms with Crippen LogP contribution in [0.3, 0.4) is 0 Å². The number of benzene rings is 2. The molecule has 1 aliphatic carbocycles. The van der Waals surface area contributed by atoms with E-state index < -0.39 is 0 Å². The molecule has 0 aromatic heterocycles. The molecule has 1 saturated carbocycles. The van der Waals surface area contributed by atoms with Crippen LogP contribution in [0, 0.1) is 23.0 Å². The maximum Gasteiger partial charge on any atom is 0.274 e. The lowest BCUT2D eigenvalue weighted by atomic mass is 10.0. The number of nitrogens with one attached hydrogen (secondary N) is 1. The molecular formula is C17H18N2O2. The van der Waals surface area contributed by atoms with E-state index in [0.717, 1.165) is 5.69 Å². The molecule has 21 heavy (non-hydrogen) atoms. The molecule has 0 radical (unpaired) electrons. The zero-order valence-electron chi connectivity index (χ0n) is 12.0. The smallest absolute Gasteiger partial charge is 0.274 e. The van der Waals surface area contributed by atoms with Gasteiger partial charge in [0.05, 0.1) is 11.0 Å². The van der Waals surface area contributed by atoms with Crippen molar-refractivity contribution in [1.82, 2.24) is 0 Å². The van der Waals surface area contributed by atoms with Crippen LogP contribution in [-0.4, -0.2) is 4.92 Å². The number of nitrogens with zero attached hydrogens (tertiary/aromatic N) is 1. The number of rotatable bonds is 5. The number of anilines is 1. The molecule has 4 heteroatoms. The first-order valence-corrected chi connectivity index (χ1v) is 7.22. The summed E-state index contributed by atoms with van der Waals surface area (Å²) in [7, 11) is 0. The van der Waals surface area contributed by atoms with Crippen LogP contribution in [0.25, 0.3) is 0 Å². The van der Waals surface area contributed by atoms with Gasteiger partial charge >= 0.3 is 0 Å². The quantitative estimate of drug-likeness (QED) is 0.650. The Bertz CT molecular complexity index is 651. The molecule has 0 bridgehead atoms. The maximum atomic E-state index is 11.1. The van der Waals surface area contributed by atoms with Gasteiger partial charge in [-0.15, -0.1) is 0 Å². The van der Waals surface area contributed by atoms with Gasteiger partial charge in [0.1, 0.15) is 0 Å². The van der Waals surface area contributed by atoms with E-state index in [1.807, 2.05) is 24.3 Å². The van der Waals surface area contributed by atoms with E-state index in [2.05, 4.69) is 17.4 Å². The van der Waals surface area contributed by atoms with Gasteiger partial charge in [-0.25, -0.2) is 0 Å². The lowest BCUT2D eigenvalue weighted by molar-refractivity contribution is -0.385. The summed E-state index contributed by atoms with van der Waals surface area (Å²) in [6.07, 6.45) is 2.42. The minimum absolute atomic E-state index is 0.169. The number of hydrogen-bond donors (Lipinski definition) is 1. The average molecular weight is 282 g/mol. The van der Waals surface area contributed by atoms with Crippen molar-refractivity contribution in [3.8, 4) is 0 Å². The first-order valence-electron chi connectivity index (χ1n) is 7.22.